The number of thiophene rings is 1. The number of nitrogens with one attached hydrogen (secondary N) is 1. The Bertz CT molecular complexity index is 552. The second kappa shape index (κ2) is 6.56. The summed E-state index contributed by atoms with van der Waals surface area (Å²) >= 11 is 1.46. The monoisotopic (exact) mass is 316 g/mol. The average Bonchev–Trinajstić information content (AvgIpc) is 2.80. The van der Waals surface area contributed by atoms with Crippen LogP contribution in [0.1, 0.15) is 42.4 Å². The highest BCUT2D eigenvalue weighted by Gasteiger charge is 2.25. The van der Waals surface area contributed by atoms with Crippen LogP contribution in [-0.4, -0.2) is 15.0 Å². The van der Waals surface area contributed by atoms with Crippen molar-refractivity contribution in [2.24, 2.45) is 17.6 Å². The lowest BCUT2D eigenvalue weighted by Crippen LogP contribution is -2.33. The van der Waals surface area contributed by atoms with Gasteiger partial charge in [0.2, 0.25) is 10.0 Å². The number of hydrogen-bond acceptors (Lipinski definition) is 4. The fourth-order valence-corrected chi connectivity index (χ4v) is 5.49. The number of rotatable bonds is 5. The molecule has 1 aromatic heterocycles. The van der Waals surface area contributed by atoms with Crippen LogP contribution in [0.15, 0.2) is 11.0 Å². The Labute approximate surface area is 125 Å². The van der Waals surface area contributed by atoms with E-state index in [-0.39, 0.29) is 0 Å². The number of sulfonamides is 1. The maximum absolute atomic E-state index is 12.4. The molecule has 1 fully saturated rings. The van der Waals surface area contributed by atoms with Crippen LogP contribution >= 0.6 is 11.3 Å². The van der Waals surface area contributed by atoms with E-state index in [1.54, 1.807) is 6.07 Å². The first-order chi connectivity index (χ1) is 9.44. The third-order valence-corrected chi connectivity index (χ3v) is 6.99. The largest absolute Gasteiger partial charge is 0.326 e. The van der Waals surface area contributed by atoms with E-state index in [1.807, 2.05) is 6.92 Å². The van der Waals surface area contributed by atoms with Crippen molar-refractivity contribution in [3.05, 3.63) is 15.8 Å². The van der Waals surface area contributed by atoms with Crippen molar-refractivity contribution < 1.29 is 8.42 Å². The molecule has 0 aliphatic heterocycles. The smallest absolute Gasteiger partial charge is 0.241 e. The molecule has 1 heterocycles. The summed E-state index contributed by atoms with van der Waals surface area (Å²) in [5, 5.41) is 0. The van der Waals surface area contributed by atoms with Crippen molar-refractivity contribution >= 4 is 21.4 Å². The van der Waals surface area contributed by atoms with Gasteiger partial charge in [-0.15, -0.1) is 11.3 Å². The highest BCUT2D eigenvalue weighted by molar-refractivity contribution is 7.89. The molecule has 1 saturated carbocycles. The highest BCUT2D eigenvalue weighted by Crippen LogP contribution is 2.30. The molecule has 1 aromatic rings. The van der Waals surface area contributed by atoms with Crippen molar-refractivity contribution in [1.82, 2.24) is 4.72 Å². The normalized spacial score (nSPS) is 23.9. The van der Waals surface area contributed by atoms with E-state index < -0.39 is 10.0 Å². The standard InChI is InChI=1S/C14H24N2O2S2/c1-10-5-3-4-6-12(10)9-16-20(17,18)14-7-13(8-15)19-11(14)2/h7,10,12,16H,3-6,8-9,15H2,1-2H3. The van der Waals surface area contributed by atoms with Crippen LogP contribution < -0.4 is 10.5 Å². The molecule has 20 heavy (non-hydrogen) atoms. The molecule has 1 aliphatic carbocycles. The van der Waals surface area contributed by atoms with Crippen LogP contribution in [0.4, 0.5) is 0 Å². The quantitative estimate of drug-likeness (QED) is 0.877. The van der Waals surface area contributed by atoms with Crippen molar-refractivity contribution in [3.8, 4) is 0 Å². The molecular formula is C14H24N2O2S2. The minimum atomic E-state index is -3.40. The molecule has 0 radical (unpaired) electrons. The highest BCUT2D eigenvalue weighted by atomic mass is 32.2. The molecule has 0 spiro atoms. The molecule has 114 valence electrons. The summed E-state index contributed by atoms with van der Waals surface area (Å²) in [4.78, 5) is 2.12. The van der Waals surface area contributed by atoms with Crippen LogP contribution in [0.2, 0.25) is 0 Å². The number of nitrogens with two attached hydrogens (primary N) is 1. The summed E-state index contributed by atoms with van der Waals surface area (Å²) in [5.74, 6) is 1.07. The van der Waals surface area contributed by atoms with Crippen LogP contribution in [0, 0.1) is 18.8 Å². The van der Waals surface area contributed by atoms with Crippen LogP contribution in [0.25, 0.3) is 0 Å². The van der Waals surface area contributed by atoms with Gasteiger partial charge in [0.25, 0.3) is 0 Å². The summed E-state index contributed by atoms with van der Waals surface area (Å²) in [7, 11) is -3.40. The second-order valence-corrected chi connectivity index (χ2v) is 8.79. The Morgan fingerprint density at radius 2 is 2.10 bits per heavy atom. The molecule has 1 aliphatic rings. The van der Waals surface area contributed by atoms with Crippen LogP contribution in [0.5, 0.6) is 0 Å². The van der Waals surface area contributed by atoms with Crippen LogP contribution in [-0.2, 0) is 16.6 Å². The van der Waals surface area contributed by atoms with Gasteiger partial charge in [-0.3, -0.25) is 0 Å². The zero-order chi connectivity index (χ0) is 14.8. The predicted octanol–water partition coefficient (Wildman–Crippen LogP) is 2.62. The van der Waals surface area contributed by atoms with Gasteiger partial charge >= 0.3 is 0 Å². The van der Waals surface area contributed by atoms with Crippen molar-refractivity contribution in [2.45, 2.75) is 51.0 Å². The van der Waals surface area contributed by atoms with E-state index in [4.69, 9.17) is 5.73 Å². The molecule has 3 N–H and O–H groups in total. The summed E-state index contributed by atoms with van der Waals surface area (Å²) < 4.78 is 27.6. The predicted molar refractivity (Wildman–Crippen MR) is 83.3 cm³/mol. The van der Waals surface area contributed by atoms with E-state index in [0.717, 1.165) is 16.2 Å². The zero-order valence-electron chi connectivity index (χ0n) is 12.2. The molecule has 0 amide bonds. The molecule has 4 nitrogen and oxygen atoms in total. The summed E-state index contributed by atoms with van der Waals surface area (Å²) in [6.07, 6.45) is 4.82. The third-order valence-electron chi connectivity index (χ3n) is 4.24. The average molecular weight is 316 g/mol. The van der Waals surface area contributed by atoms with Gasteiger partial charge in [-0.1, -0.05) is 26.2 Å². The van der Waals surface area contributed by atoms with E-state index in [9.17, 15) is 8.42 Å². The fraction of sp³-hybridized carbons (Fsp3) is 0.714. The van der Waals surface area contributed by atoms with Crippen LogP contribution in [0.3, 0.4) is 0 Å². The number of aryl methyl sites for hydroxylation is 1. The lowest BCUT2D eigenvalue weighted by atomic mass is 9.81. The molecule has 6 heteroatoms. The summed E-state index contributed by atoms with van der Waals surface area (Å²) in [6.45, 7) is 5.00. The van der Waals surface area contributed by atoms with E-state index in [2.05, 4.69) is 11.6 Å². The Balaban J connectivity index is 2.05. The molecule has 2 rings (SSSR count). The molecule has 0 aromatic carbocycles. The van der Waals surface area contributed by atoms with Crippen molar-refractivity contribution in [3.63, 3.8) is 0 Å². The van der Waals surface area contributed by atoms with Gasteiger partial charge < -0.3 is 5.73 Å². The first-order valence-corrected chi connectivity index (χ1v) is 9.53. The molecule has 2 unspecified atom stereocenters. The summed E-state index contributed by atoms with van der Waals surface area (Å²) in [5.41, 5.74) is 5.58. The lowest BCUT2D eigenvalue weighted by Gasteiger charge is -2.28. The van der Waals surface area contributed by atoms with Gasteiger partial charge in [-0.2, -0.15) is 0 Å². The van der Waals surface area contributed by atoms with Gasteiger partial charge in [0, 0.05) is 22.8 Å². The zero-order valence-corrected chi connectivity index (χ0v) is 13.8. The maximum atomic E-state index is 12.4. The van der Waals surface area contributed by atoms with Gasteiger partial charge in [-0.05, 0) is 31.2 Å². The minimum absolute atomic E-state index is 0.390. The first-order valence-electron chi connectivity index (χ1n) is 7.23. The first kappa shape index (κ1) is 15.9. The fourth-order valence-electron chi connectivity index (χ4n) is 2.88. The molecule has 0 bridgehead atoms. The summed E-state index contributed by atoms with van der Waals surface area (Å²) in [6, 6.07) is 1.70. The van der Waals surface area contributed by atoms with Gasteiger partial charge in [0.15, 0.2) is 0 Å². The lowest BCUT2D eigenvalue weighted by molar-refractivity contribution is 0.257. The van der Waals surface area contributed by atoms with Crippen molar-refractivity contribution in [2.75, 3.05) is 6.54 Å². The Kier molecular flexibility index (Phi) is 5.23. The molecule has 2 atom stereocenters. The van der Waals surface area contributed by atoms with Gasteiger partial charge in [0.1, 0.15) is 0 Å². The number of hydrogen-bond donors (Lipinski definition) is 2. The maximum Gasteiger partial charge on any atom is 0.241 e. The Morgan fingerprint density at radius 3 is 2.70 bits per heavy atom. The van der Waals surface area contributed by atoms with Crippen molar-refractivity contribution in [1.29, 1.82) is 0 Å². The van der Waals surface area contributed by atoms with E-state index >= 15 is 0 Å². The Morgan fingerprint density at radius 1 is 1.40 bits per heavy atom. The molecular weight excluding hydrogens is 292 g/mol. The Hall–Kier alpha value is -0.430. The van der Waals surface area contributed by atoms with E-state index in [0.29, 0.717) is 29.8 Å². The third kappa shape index (κ3) is 3.61. The topological polar surface area (TPSA) is 72.2 Å². The van der Waals surface area contributed by atoms with E-state index in [1.165, 1.54) is 30.6 Å². The SMILES string of the molecule is Cc1sc(CN)cc1S(=O)(=O)NCC1CCCCC1C. The van der Waals surface area contributed by atoms with Gasteiger partial charge in [0.05, 0.1) is 4.90 Å². The van der Waals surface area contributed by atoms with Gasteiger partial charge in [-0.25, -0.2) is 13.1 Å². The molecule has 0 saturated heterocycles. The second-order valence-electron chi connectivity index (χ2n) is 5.71. The minimum Gasteiger partial charge on any atom is -0.326 e.